The first-order chi connectivity index (χ1) is 9.84. The maximum Gasteiger partial charge on any atom is 0.251 e. The Morgan fingerprint density at radius 2 is 1.55 bits per heavy atom. The van der Waals surface area contributed by atoms with E-state index in [-0.39, 0.29) is 28.5 Å². The van der Waals surface area contributed by atoms with Crippen molar-refractivity contribution < 1.29 is 9.90 Å². The average molecular weight is 306 g/mol. The van der Waals surface area contributed by atoms with E-state index in [0.29, 0.717) is 12.1 Å². The quantitative estimate of drug-likeness (QED) is 0.803. The van der Waals surface area contributed by atoms with Crippen molar-refractivity contribution in [2.45, 2.75) is 65.3 Å². The first-order valence-corrected chi connectivity index (χ1v) is 7.75. The molecule has 0 heterocycles. The zero-order valence-corrected chi connectivity index (χ0v) is 14.9. The monoisotopic (exact) mass is 306 g/mol. The smallest absolute Gasteiger partial charge is 0.251 e. The zero-order valence-electron chi connectivity index (χ0n) is 14.9. The Hall–Kier alpha value is -1.55. The highest BCUT2D eigenvalue weighted by molar-refractivity contribution is 5.95. The van der Waals surface area contributed by atoms with E-state index in [1.165, 1.54) is 0 Å². The predicted octanol–water partition coefficient (Wildman–Crippen LogP) is 3.06. The summed E-state index contributed by atoms with van der Waals surface area (Å²) < 4.78 is 0. The standard InChI is InChI=1S/C18H30N2O2/c1-11(19)10-20-16(22)12-8-13(17(2,3)4)15(21)14(9-12)18(5,6)7/h8-9,11,21H,10,19H2,1-7H3,(H,20,22). The van der Waals surface area contributed by atoms with Crippen molar-refractivity contribution in [1.82, 2.24) is 5.32 Å². The molecule has 124 valence electrons. The van der Waals surface area contributed by atoms with Crippen LogP contribution in [-0.2, 0) is 10.8 Å². The van der Waals surface area contributed by atoms with Gasteiger partial charge in [-0.2, -0.15) is 0 Å². The molecular formula is C18H30N2O2. The van der Waals surface area contributed by atoms with Crippen LogP contribution in [0, 0.1) is 0 Å². The number of aromatic hydroxyl groups is 1. The van der Waals surface area contributed by atoms with Crippen molar-refractivity contribution in [3.8, 4) is 5.75 Å². The molecule has 0 saturated carbocycles. The number of carbonyl (C=O) groups excluding carboxylic acids is 1. The highest BCUT2D eigenvalue weighted by Crippen LogP contribution is 2.39. The van der Waals surface area contributed by atoms with E-state index in [9.17, 15) is 9.90 Å². The van der Waals surface area contributed by atoms with E-state index < -0.39 is 0 Å². The Morgan fingerprint density at radius 1 is 1.14 bits per heavy atom. The van der Waals surface area contributed by atoms with Gasteiger partial charge in [0.05, 0.1) is 0 Å². The Balaban J connectivity index is 3.39. The molecule has 1 atom stereocenters. The van der Waals surface area contributed by atoms with Gasteiger partial charge in [-0.25, -0.2) is 0 Å². The van der Waals surface area contributed by atoms with E-state index in [2.05, 4.69) is 5.32 Å². The topological polar surface area (TPSA) is 75.3 Å². The van der Waals surface area contributed by atoms with Crippen LogP contribution in [0.2, 0.25) is 0 Å². The number of phenolic OH excluding ortho intramolecular Hbond substituents is 1. The molecule has 4 nitrogen and oxygen atoms in total. The molecule has 4 N–H and O–H groups in total. The van der Waals surface area contributed by atoms with Crippen molar-refractivity contribution in [2.24, 2.45) is 5.73 Å². The molecule has 0 aromatic heterocycles. The lowest BCUT2D eigenvalue weighted by atomic mass is 9.78. The minimum atomic E-state index is -0.248. The summed E-state index contributed by atoms with van der Waals surface area (Å²) in [7, 11) is 0. The van der Waals surface area contributed by atoms with Crippen LogP contribution < -0.4 is 11.1 Å². The number of phenols is 1. The molecule has 0 bridgehead atoms. The van der Waals surface area contributed by atoms with Gasteiger partial charge < -0.3 is 16.2 Å². The van der Waals surface area contributed by atoms with E-state index in [1.807, 2.05) is 48.5 Å². The van der Waals surface area contributed by atoms with E-state index in [4.69, 9.17) is 5.73 Å². The van der Waals surface area contributed by atoms with Gasteiger partial charge in [0, 0.05) is 29.3 Å². The van der Waals surface area contributed by atoms with E-state index in [0.717, 1.165) is 11.1 Å². The molecule has 4 heteroatoms. The fraction of sp³-hybridized carbons (Fsp3) is 0.611. The summed E-state index contributed by atoms with van der Waals surface area (Å²) in [6, 6.07) is 3.47. The molecule has 22 heavy (non-hydrogen) atoms. The van der Waals surface area contributed by atoms with Crippen molar-refractivity contribution in [2.75, 3.05) is 6.54 Å². The zero-order chi connectivity index (χ0) is 17.3. The number of nitrogens with one attached hydrogen (secondary N) is 1. The summed E-state index contributed by atoms with van der Waals surface area (Å²) >= 11 is 0. The fourth-order valence-corrected chi connectivity index (χ4v) is 2.26. The van der Waals surface area contributed by atoms with Crippen LogP contribution >= 0.6 is 0 Å². The molecule has 1 aromatic carbocycles. The number of rotatable bonds is 3. The Kier molecular flexibility index (Phi) is 5.29. The second-order valence-corrected chi connectivity index (χ2v) is 8.11. The number of benzene rings is 1. The lowest BCUT2D eigenvalue weighted by Crippen LogP contribution is -2.35. The van der Waals surface area contributed by atoms with Gasteiger partial charge in [-0.1, -0.05) is 41.5 Å². The largest absolute Gasteiger partial charge is 0.507 e. The SMILES string of the molecule is CC(N)CNC(=O)c1cc(C(C)(C)C)c(O)c(C(C)(C)C)c1. The van der Waals surface area contributed by atoms with Gasteiger partial charge in [0.25, 0.3) is 5.91 Å². The molecule has 0 radical (unpaired) electrons. The van der Waals surface area contributed by atoms with Gasteiger partial charge in [-0.15, -0.1) is 0 Å². The predicted molar refractivity (Wildman–Crippen MR) is 91.5 cm³/mol. The molecular weight excluding hydrogens is 276 g/mol. The molecule has 1 unspecified atom stereocenters. The molecule has 0 aliphatic heterocycles. The number of amides is 1. The van der Waals surface area contributed by atoms with Crippen LogP contribution in [-0.4, -0.2) is 23.6 Å². The average Bonchev–Trinajstić information content (AvgIpc) is 2.33. The van der Waals surface area contributed by atoms with Gasteiger partial charge in [-0.3, -0.25) is 4.79 Å². The molecule has 1 rings (SSSR count). The van der Waals surface area contributed by atoms with Crippen LogP contribution in [0.5, 0.6) is 5.75 Å². The van der Waals surface area contributed by atoms with Gasteiger partial charge in [0.2, 0.25) is 0 Å². The molecule has 0 aliphatic carbocycles. The first kappa shape index (κ1) is 18.5. The summed E-state index contributed by atoms with van der Waals surface area (Å²) in [6.45, 7) is 14.4. The normalized spacial score (nSPS) is 13.8. The second kappa shape index (κ2) is 6.29. The van der Waals surface area contributed by atoms with Gasteiger partial charge in [0.1, 0.15) is 5.75 Å². The third kappa shape index (κ3) is 4.47. The Labute approximate surface area is 134 Å². The third-order valence-electron chi connectivity index (χ3n) is 3.57. The molecule has 0 spiro atoms. The fourth-order valence-electron chi connectivity index (χ4n) is 2.26. The summed E-state index contributed by atoms with van der Waals surface area (Å²) in [6.07, 6.45) is 0. The second-order valence-electron chi connectivity index (χ2n) is 8.11. The number of nitrogens with two attached hydrogens (primary N) is 1. The van der Waals surface area contributed by atoms with Crippen molar-refractivity contribution >= 4 is 5.91 Å². The number of hydrogen-bond acceptors (Lipinski definition) is 3. The summed E-state index contributed by atoms with van der Waals surface area (Å²) in [5.74, 6) is 0.122. The van der Waals surface area contributed by atoms with Gasteiger partial charge in [-0.05, 0) is 29.9 Å². The summed E-state index contributed by atoms with van der Waals surface area (Å²) in [5, 5.41) is 13.5. The Morgan fingerprint density at radius 3 is 1.86 bits per heavy atom. The maximum atomic E-state index is 12.4. The van der Waals surface area contributed by atoms with Crippen molar-refractivity contribution in [1.29, 1.82) is 0 Å². The van der Waals surface area contributed by atoms with Crippen LogP contribution in [0.4, 0.5) is 0 Å². The van der Waals surface area contributed by atoms with Crippen LogP contribution in [0.1, 0.15) is 70.0 Å². The lowest BCUT2D eigenvalue weighted by molar-refractivity contribution is 0.0951. The molecule has 0 saturated heterocycles. The highest BCUT2D eigenvalue weighted by atomic mass is 16.3. The summed E-state index contributed by atoms with van der Waals surface area (Å²) in [4.78, 5) is 12.4. The summed E-state index contributed by atoms with van der Waals surface area (Å²) in [5.41, 5.74) is 7.32. The molecule has 1 amide bonds. The Bertz CT molecular complexity index is 514. The number of carbonyl (C=O) groups is 1. The van der Waals surface area contributed by atoms with Crippen molar-refractivity contribution in [3.05, 3.63) is 28.8 Å². The molecule has 0 aliphatic rings. The number of hydrogen-bond donors (Lipinski definition) is 3. The van der Waals surface area contributed by atoms with Crippen LogP contribution in [0.15, 0.2) is 12.1 Å². The van der Waals surface area contributed by atoms with Gasteiger partial charge in [0.15, 0.2) is 0 Å². The van der Waals surface area contributed by atoms with Gasteiger partial charge >= 0.3 is 0 Å². The van der Waals surface area contributed by atoms with Crippen molar-refractivity contribution in [3.63, 3.8) is 0 Å². The van der Waals surface area contributed by atoms with Crippen LogP contribution in [0.25, 0.3) is 0 Å². The molecule has 0 fully saturated rings. The minimum absolute atomic E-state index is 0.0924. The molecule has 1 aromatic rings. The third-order valence-corrected chi connectivity index (χ3v) is 3.57. The van der Waals surface area contributed by atoms with E-state index >= 15 is 0 Å². The minimum Gasteiger partial charge on any atom is -0.507 e. The lowest BCUT2D eigenvalue weighted by Gasteiger charge is -2.28. The highest BCUT2D eigenvalue weighted by Gasteiger charge is 2.27. The first-order valence-electron chi connectivity index (χ1n) is 7.75. The van der Waals surface area contributed by atoms with E-state index in [1.54, 1.807) is 12.1 Å². The van der Waals surface area contributed by atoms with Crippen LogP contribution in [0.3, 0.4) is 0 Å². The maximum absolute atomic E-state index is 12.4.